The number of aliphatic hydroxyl groups excluding tert-OH is 1. The molecule has 37 heavy (non-hydrogen) atoms. The number of halogens is 5. The van der Waals surface area contributed by atoms with Crippen LogP contribution >= 0.6 is 35.6 Å². The smallest absolute Gasteiger partial charge is 0.249 e. The number of hydrogen-bond donors (Lipinski definition) is 3. The van der Waals surface area contributed by atoms with Crippen molar-refractivity contribution in [1.29, 1.82) is 0 Å². The van der Waals surface area contributed by atoms with Crippen molar-refractivity contribution < 1.29 is 23.4 Å². The second-order valence-corrected chi connectivity index (χ2v) is 9.64. The number of ether oxygens (including phenoxy) is 1. The first-order valence-corrected chi connectivity index (χ1v) is 12.2. The topological polar surface area (TPSA) is 87.8 Å². The second kappa shape index (κ2) is 10.6. The molecule has 0 aliphatic carbocycles. The van der Waals surface area contributed by atoms with Crippen molar-refractivity contribution in [2.24, 2.45) is 5.73 Å². The van der Waals surface area contributed by atoms with E-state index in [2.05, 4.69) is 10.2 Å². The molecule has 2 heterocycles. The Labute approximate surface area is 228 Å². The molecule has 1 saturated heterocycles. The third kappa shape index (κ3) is 4.51. The van der Waals surface area contributed by atoms with Gasteiger partial charge in [0.25, 0.3) is 0 Å². The summed E-state index contributed by atoms with van der Waals surface area (Å²) in [5.74, 6) is -2.76. The van der Waals surface area contributed by atoms with Crippen LogP contribution in [0, 0.1) is 11.6 Å². The summed E-state index contributed by atoms with van der Waals surface area (Å²) in [5, 5.41) is 12.8. The van der Waals surface area contributed by atoms with Crippen LogP contribution in [0.3, 0.4) is 0 Å². The van der Waals surface area contributed by atoms with Crippen molar-refractivity contribution >= 4 is 47.2 Å². The molecule has 11 heteroatoms. The highest BCUT2D eigenvalue weighted by molar-refractivity contribution is 6.34. The molecule has 0 aromatic heterocycles. The Morgan fingerprint density at radius 1 is 1.19 bits per heavy atom. The number of aliphatic hydroxyl groups is 1. The molecular weight excluding hydrogens is 547 g/mol. The monoisotopic (exact) mass is 569 g/mol. The molecule has 1 unspecified atom stereocenters. The number of amides is 1. The molecule has 0 radical (unpaired) electrons. The van der Waals surface area contributed by atoms with Crippen molar-refractivity contribution in [3.05, 3.63) is 80.8 Å². The number of fused-ring (bicyclic) bond motifs is 3. The molecule has 0 bridgehead atoms. The molecule has 196 valence electrons. The van der Waals surface area contributed by atoms with Crippen molar-refractivity contribution in [3.63, 3.8) is 0 Å². The maximum atomic E-state index is 15.9. The highest BCUT2D eigenvalue weighted by Crippen LogP contribution is 2.53. The lowest BCUT2D eigenvalue weighted by molar-refractivity contribution is 0.100. The first-order chi connectivity index (χ1) is 17.3. The van der Waals surface area contributed by atoms with Gasteiger partial charge in [-0.25, -0.2) is 8.78 Å². The van der Waals surface area contributed by atoms with Gasteiger partial charge in [-0.1, -0.05) is 35.3 Å². The highest BCUT2D eigenvalue weighted by atomic mass is 35.5. The number of anilines is 1. The summed E-state index contributed by atoms with van der Waals surface area (Å²) >= 11 is 12.8. The molecule has 3 aromatic rings. The number of benzene rings is 3. The fourth-order valence-electron chi connectivity index (χ4n) is 5.34. The number of carbonyl (C=O) groups excluding carboxylic acids is 1. The van der Waals surface area contributed by atoms with E-state index >= 15 is 8.78 Å². The van der Waals surface area contributed by atoms with E-state index in [1.165, 1.54) is 18.2 Å². The Hall–Kier alpha value is -2.62. The molecule has 5 rings (SSSR count). The van der Waals surface area contributed by atoms with Gasteiger partial charge in [-0.2, -0.15) is 0 Å². The van der Waals surface area contributed by atoms with Gasteiger partial charge in [0.1, 0.15) is 12.4 Å². The van der Waals surface area contributed by atoms with E-state index in [9.17, 15) is 4.79 Å². The molecule has 0 spiro atoms. The molecule has 2 aliphatic rings. The SMILES string of the molecule is Cl.NC(=O)c1ccc(OCCO)c(F)c1-c1c(Cl)c(F)cc2c1CC1(c3cccc(Cl)c3)CNCCN21. The van der Waals surface area contributed by atoms with Crippen LogP contribution in [0.2, 0.25) is 10.0 Å². The molecule has 1 atom stereocenters. The van der Waals surface area contributed by atoms with E-state index < -0.39 is 23.1 Å². The largest absolute Gasteiger partial charge is 0.488 e. The molecule has 1 amide bonds. The minimum Gasteiger partial charge on any atom is -0.488 e. The van der Waals surface area contributed by atoms with Crippen molar-refractivity contribution in [2.45, 2.75) is 12.0 Å². The lowest BCUT2D eigenvalue weighted by atomic mass is 9.83. The Bertz CT molecular complexity index is 1370. The van der Waals surface area contributed by atoms with Crippen LogP contribution < -0.4 is 20.7 Å². The van der Waals surface area contributed by atoms with Crippen LogP contribution in [0.4, 0.5) is 14.5 Å². The molecule has 0 saturated carbocycles. The van der Waals surface area contributed by atoms with Gasteiger partial charge < -0.3 is 25.8 Å². The van der Waals surface area contributed by atoms with Gasteiger partial charge in [-0.3, -0.25) is 4.79 Å². The van der Waals surface area contributed by atoms with E-state index in [4.69, 9.17) is 38.8 Å². The highest BCUT2D eigenvalue weighted by Gasteiger charge is 2.48. The van der Waals surface area contributed by atoms with Gasteiger partial charge in [-0.15, -0.1) is 12.4 Å². The normalized spacial score (nSPS) is 18.1. The first kappa shape index (κ1) is 27.4. The van der Waals surface area contributed by atoms with Crippen LogP contribution in [-0.4, -0.2) is 43.9 Å². The number of piperazine rings is 1. The van der Waals surface area contributed by atoms with Gasteiger partial charge in [0, 0.05) is 47.9 Å². The second-order valence-electron chi connectivity index (χ2n) is 8.83. The molecule has 4 N–H and O–H groups in total. The first-order valence-electron chi connectivity index (χ1n) is 11.4. The number of nitrogens with zero attached hydrogens (tertiary/aromatic N) is 1. The zero-order valence-corrected chi connectivity index (χ0v) is 21.8. The van der Waals surface area contributed by atoms with Crippen LogP contribution in [0.15, 0.2) is 42.5 Å². The molecule has 2 aliphatic heterocycles. The summed E-state index contributed by atoms with van der Waals surface area (Å²) in [6.07, 6.45) is 0.352. The standard InChI is InChI=1S/C26H23Cl2F2N3O3.ClH/c27-15-3-1-2-14(10-15)26-12-17-19(33(26)7-6-32-13-26)11-18(29)23(28)21(17)22-16(25(31)35)4-5-20(24(22)30)36-9-8-34;/h1-5,10-11,32,34H,6-9,12-13H2,(H2,31,35);1H. The Kier molecular flexibility index (Phi) is 7.88. The number of hydrogen-bond acceptors (Lipinski definition) is 5. The Morgan fingerprint density at radius 3 is 2.68 bits per heavy atom. The van der Waals surface area contributed by atoms with E-state index in [1.807, 2.05) is 18.2 Å². The average Bonchev–Trinajstić information content (AvgIpc) is 3.19. The summed E-state index contributed by atoms with van der Waals surface area (Å²) in [5.41, 5.74) is 6.70. The van der Waals surface area contributed by atoms with Gasteiger partial charge in [0.15, 0.2) is 11.6 Å². The average molecular weight is 571 g/mol. The molecular formula is C26H24Cl3F2N3O3. The number of rotatable bonds is 6. The maximum Gasteiger partial charge on any atom is 0.249 e. The zero-order chi connectivity index (χ0) is 25.6. The summed E-state index contributed by atoms with van der Waals surface area (Å²) in [4.78, 5) is 14.4. The predicted octanol–water partition coefficient (Wildman–Crippen LogP) is 4.69. The Balaban J connectivity index is 0.00000320. The quantitative estimate of drug-likeness (QED) is 0.400. The Morgan fingerprint density at radius 2 is 1.97 bits per heavy atom. The third-order valence-electron chi connectivity index (χ3n) is 6.84. The van der Waals surface area contributed by atoms with E-state index in [0.717, 1.165) is 5.56 Å². The number of nitrogens with one attached hydrogen (secondary N) is 1. The maximum absolute atomic E-state index is 15.9. The lowest BCUT2D eigenvalue weighted by Crippen LogP contribution is -2.57. The van der Waals surface area contributed by atoms with E-state index in [-0.39, 0.29) is 53.1 Å². The van der Waals surface area contributed by atoms with Gasteiger partial charge in [-0.05, 0) is 41.5 Å². The zero-order valence-electron chi connectivity index (χ0n) is 19.5. The lowest BCUT2D eigenvalue weighted by Gasteiger charge is -2.45. The summed E-state index contributed by atoms with van der Waals surface area (Å²) in [6, 6.07) is 11.4. The number of nitrogens with two attached hydrogens (primary N) is 1. The molecule has 1 fully saturated rings. The minimum atomic E-state index is -0.908. The number of carbonyl (C=O) groups is 1. The van der Waals surface area contributed by atoms with Crippen molar-refractivity contribution in [1.82, 2.24) is 5.32 Å². The van der Waals surface area contributed by atoms with Crippen LogP contribution in [0.5, 0.6) is 5.75 Å². The fraction of sp³-hybridized carbons (Fsp3) is 0.269. The van der Waals surface area contributed by atoms with E-state index in [1.54, 1.807) is 6.07 Å². The molecule has 3 aromatic carbocycles. The van der Waals surface area contributed by atoms with Gasteiger partial charge in [0.2, 0.25) is 5.91 Å². The summed E-state index contributed by atoms with van der Waals surface area (Å²) in [7, 11) is 0. The van der Waals surface area contributed by atoms with Crippen LogP contribution in [-0.2, 0) is 12.0 Å². The summed E-state index contributed by atoms with van der Waals surface area (Å²) in [6.45, 7) is 1.24. The third-order valence-corrected chi connectivity index (χ3v) is 7.45. The molecule has 6 nitrogen and oxygen atoms in total. The number of primary amides is 1. The van der Waals surface area contributed by atoms with Crippen molar-refractivity contribution in [2.75, 3.05) is 37.7 Å². The fourth-order valence-corrected chi connectivity index (χ4v) is 5.79. The van der Waals surface area contributed by atoms with Crippen molar-refractivity contribution in [3.8, 4) is 16.9 Å². The van der Waals surface area contributed by atoms with Crippen LogP contribution in [0.25, 0.3) is 11.1 Å². The van der Waals surface area contributed by atoms with E-state index in [0.29, 0.717) is 42.3 Å². The van der Waals surface area contributed by atoms with Gasteiger partial charge in [0.05, 0.1) is 22.7 Å². The predicted molar refractivity (Wildman–Crippen MR) is 142 cm³/mol. The van der Waals surface area contributed by atoms with Gasteiger partial charge >= 0.3 is 0 Å². The summed E-state index contributed by atoms with van der Waals surface area (Å²) < 4.78 is 36.5. The van der Waals surface area contributed by atoms with Crippen LogP contribution in [0.1, 0.15) is 21.5 Å². The minimum absolute atomic E-state index is 0.